The van der Waals surface area contributed by atoms with E-state index in [9.17, 15) is 18.3 Å². The van der Waals surface area contributed by atoms with E-state index in [2.05, 4.69) is 61.9 Å². The normalized spacial score (nSPS) is 20.9. The molecule has 32 heavy (non-hydrogen) atoms. The van der Waals surface area contributed by atoms with Gasteiger partial charge in [0, 0.05) is 17.9 Å². The molecule has 170 valence electrons. The fraction of sp³-hybridized carbons (Fsp3) is 0.346. The molecule has 5 nitrogen and oxygen atoms in total. The van der Waals surface area contributed by atoms with E-state index in [1.54, 1.807) is 6.92 Å². The Labute approximate surface area is 190 Å². The van der Waals surface area contributed by atoms with Gasteiger partial charge in [0.25, 0.3) is 0 Å². The zero-order valence-corrected chi connectivity index (χ0v) is 19.8. The SMILES string of the molecule is Cc1ccc(S(=O)(=O)NCCC2(C(C)(C)C)C=CC(c3ccccc3)C=C2)cc1C(=O)O. The van der Waals surface area contributed by atoms with Gasteiger partial charge in [0.05, 0.1) is 10.5 Å². The predicted octanol–water partition coefficient (Wildman–Crippen LogP) is 5.30. The Morgan fingerprint density at radius 2 is 1.69 bits per heavy atom. The highest BCUT2D eigenvalue weighted by atomic mass is 32.2. The van der Waals surface area contributed by atoms with Crippen LogP contribution < -0.4 is 4.72 Å². The van der Waals surface area contributed by atoms with Gasteiger partial charge in [0.15, 0.2) is 0 Å². The summed E-state index contributed by atoms with van der Waals surface area (Å²) in [4.78, 5) is 11.3. The number of nitrogens with one attached hydrogen (secondary N) is 1. The molecule has 2 N–H and O–H groups in total. The van der Waals surface area contributed by atoms with Crippen LogP contribution in [0.4, 0.5) is 0 Å². The number of hydrogen-bond donors (Lipinski definition) is 2. The Hall–Kier alpha value is -2.70. The van der Waals surface area contributed by atoms with Crippen LogP contribution in [0, 0.1) is 17.8 Å². The Morgan fingerprint density at radius 1 is 1.06 bits per heavy atom. The van der Waals surface area contributed by atoms with Gasteiger partial charge in [-0.25, -0.2) is 17.9 Å². The fourth-order valence-electron chi connectivity index (χ4n) is 4.08. The second-order valence-electron chi connectivity index (χ2n) is 9.37. The number of sulfonamides is 1. The van der Waals surface area contributed by atoms with Crippen molar-refractivity contribution in [1.29, 1.82) is 0 Å². The highest BCUT2D eigenvalue weighted by molar-refractivity contribution is 7.89. The summed E-state index contributed by atoms with van der Waals surface area (Å²) >= 11 is 0. The average Bonchev–Trinajstić information content (AvgIpc) is 2.74. The van der Waals surface area contributed by atoms with Crippen molar-refractivity contribution in [3.05, 3.63) is 89.5 Å². The molecule has 2 aromatic carbocycles. The summed E-state index contributed by atoms with van der Waals surface area (Å²) in [6, 6.07) is 14.4. The van der Waals surface area contributed by atoms with Crippen molar-refractivity contribution in [2.75, 3.05) is 6.54 Å². The van der Waals surface area contributed by atoms with E-state index in [0.717, 1.165) is 0 Å². The monoisotopic (exact) mass is 453 g/mol. The molecule has 0 radical (unpaired) electrons. The van der Waals surface area contributed by atoms with Crippen molar-refractivity contribution in [3.8, 4) is 0 Å². The maximum Gasteiger partial charge on any atom is 0.335 e. The van der Waals surface area contributed by atoms with E-state index >= 15 is 0 Å². The first kappa shape index (κ1) is 24.0. The molecule has 0 saturated carbocycles. The van der Waals surface area contributed by atoms with Crippen LogP contribution >= 0.6 is 0 Å². The standard InChI is InChI=1S/C26H31NO4S/c1-19-10-11-22(18-23(19)24(28)29)32(30,31)27-17-16-26(25(2,3)4)14-12-21(13-15-26)20-8-6-5-7-9-20/h5-15,18,21,27H,16-17H2,1-4H3,(H,28,29). The molecule has 0 aliphatic heterocycles. The number of benzene rings is 2. The Bertz CT molecular complexity index is 1130. The Morgan fingerprint density at radius 3 is 2.25 bits per heavy atom. The maximum atomic E-state index is 12.8. The lowest BCUT2D eigenvalue weighted by atomic mass is 9.62. The minimum Gasteiger partial charge on any atom is -0.478 e. The topological polar surface area (TPSA) is 83.5 Å². The summed E-state index contributed by atoms with van der Waals surface area (Å²) in [7, 11) is -3.82. The van der Waals surface area contributed by atoms with E-state index in [0.29, 0.717) is 12.0 Å². The van der Waals surface area contributed by atoms with Crippen LogP contribution in [0.3, 0.4) is 0 Å². The predicted molar refractivity (Wildman–Crippen MR) is 127 cm³/mol. The lowest BCUT2D eigenvalue weighted by Crippen LogP contribution is -2.37. The minimum atomic E-state index is -3.82. The van der Waals surface area contributed by atoms with Crippen molar-refractivity contribution in [1.82, 2.24) is 4.72 Å². The van der Waals surface area contributed by atoms with Crippen molar-refractivity contribution in [3.63, 3.8) is 0 Å². The summed E-state index contributed by atoms with van der Waals surface area (Å²) in [6.07, 6.45) is 9.37. The zero-order valence-electron chi connectivity index (χ0n) is 19.0. The van der Waals surface area contributed by atoms with Gasteiger partial charge in [-0.05, 0) is 42.0 Å². The fourth-order valence-corrected chi connectivity index (χ4v) is 5.14. The molecule has 0 saturated heterocycles. The van der Waals surface area contributed by atoms with Gasteiger partial charge in [-0.2, -0.15) is 0 Å². The van der Waals surface area contributed by atoms with Gasteiger partial charge in [-0.1, -0.05) is 81.5 Å². The molecule has 0 spiro atoms. The third kappa shape index (κ3) is 5.03. The van der Waals surface area contributed by atoms with Gasteiger partial charge >= 0.3 is 5.97 Å². The summed E-state index contributed by atoms with van der Waals surface area (Å²) in [5.41, 5.74) is 1.31. The number of carboxylic acids is 1. The van der Waals surface area contributed by atoms with E-state index in [-0.39, 0.29) is 33.8 Å². The maximum absolute atomic E-state index is 12.8. The van der Waals surface area contributed by atoms with Crippen LogP contribution in [0.2, 0.25) is 0 Å². The van der Waals surface area contributed by atoms with Crippen LogP contribution in [0.1, 0.15) is 54.6 Å². The average molecular weight is 454 g/mol. The van der Waals surface area contributed by atoms with E-state index in [1.807, 2.05) is 18.2 Å². The molecular weight excluding hydrogens is 422 g/mol. The molecule has 6 heteroatoms. The van der Waals surface area contributed by atoms with Crippen LogP contribution in [0.15, 0.2) is 77.7 Å². The smallest absolute Gasteiger partial charge is 0.335 e. The Balaban J connectivity index is 1.76. The third-order valence-electron chi connectivity index (χ3n) is 6.36. The number of allylic oxidation sites excluding steroid dienone is 4. The van der Waals surface area contributed by atoms with Crippen molar-refractivity contribution < 1.29 is 18.3 Å². The second kappa shape index (κ2) is 9.04. The second-order valence-corrected chi connectivity index (χ2v) is 11.1. The molecule has 0 amide bonds. The molecule has 3 rings (SSSR count). The third-order valence-corrected chi connectivity index (χ3v) is 7.82. The molecule has 0 atom stereocenters. The number of carbonyl (C=O) groups is 1. The van der Waals surface area contributed by atoms with Crippen molar-refractivity contribution >= 4 is 16.0 Å². The van der Waals surface area contributed by atoms with E-state index < -0.39 is 16.0 Å². The van der Waals surface area contributed by atoms with Gasteiger partial charge in [0.1, 0.15) is 0 Å². The molecule has 0 heterocycles. The quantitative estimate of drug-likeness (QED) is 0.557. The number of hydrogen-bond acceptors (Lipinski definition) is 3. The van der Waals surface area contributed by atoms with Crippen molar-refractivity contribution in [2.24, 2.45) is 10.8 Å². The van der Waals surface area contributed by atoms with Gasteiger partial charge in [0.2, 0.25) is 10.0 Å². The number of aromatic carboxylic acids is 1. The van der Waals surface area contributed by atoms with Crippen LogP contribution in [0.5, 0.6) is 0 Å². The summed E-state index contributed by atoms with van der Waals surface area (Å²) in [5, 5.41) is 9.30. The Kier molecular flexibility index (Phi) is 6.77. The molecule has 1 aliphatic rings. The highest BCUT2D eigenvalue weighted by Gasteiger charge is 2.39. The van der Waals surface area contributed by atoms with Crippen LogP contribution in [0.25, 0.3) is 0 Å². The number of aryl methyl sites for hydroxylation is 1. The number of carboxylic acid groups (broad SMARTS) is 1. The van der Waals surface area contributed by atoms with Gasteiger partial charge in [-0.15, -0.1) is 0 Å². The van der Waals surface area contributed by atoms with Crippen LogP contribution in [-0.4, -0.2) is 26.0 Å². The first-order valence-corrected chi connectivity index (χ1v) is 12.2. The molecule has 2 aromatic rings. The van der Waals surface area contributed by atoms with E-state index in [1.165, 1.54) is 23.8 Å². The lowest BCUT2D eigenvalue weighted by molar-refractivity contribution is 0.0696. The minimum absolute atomic E-state index is 0.0101. The molecule has 0 fully saturated rings. The number of rotatable bonds is 7. The molecule has 1 aliphatic carbocycles. The summed E-state index contributed by atoms with van der Waals surface area (Å²) in [5.74, 6) is -0.943. The van der Waals surface area contributed by atoms with Crippen LogP contribution in [-0.2, 0) is 10.0 Å². The molecule has 0 bridgehead atoms. The lowest BCUT2D eigenvalue weighted by Gasteiger charge is -2.43. The summed E-state index contributed by atoms with van der Waals surface area (Å²) in [6.45, 7) is 8.33. The largest absolute Gasteiger partial charge is 0.478 e. The van der Waals surface area contributed by atoms with Gasteiger partial charge in [-0.3, -0.25) is 0 Å². The summed E-state index contributed by atoms with van der Waals surface area (Å²) < 4.78 is 28.3. The zero-order chi connectivity index (χ0) is 23.6. The first-order valence-electron chi connectivity index (χ1n) is 10.7. The first-order chi connectivity index (χ1) is 15.0. The molecule has 0 aromatic heterocycles. The van der Waals surface area contributed by atoms with Crippen molar-refractivity contribution in [2.45, 2.75) is 44.9 Å². The molecule has 0 unspecified atom stereocenters. The van der Waals surface area contributed by atoms with E-state index in [4.69, 9.17) is 0 Å². The van der Waals surface area contributed by atoms with Gasteiger partial charge < -0.3 is 5.11 Å². The molecular formula is C26H31NO4S. The highest BCUT2D eigenvalue weighted by Crippen LogP contribution is 2.47.